The van der Waals surface area contributed by atoms with Crippen molar-refractivity contribution in [1.82, 2.24) is 4.98 Å². The van der Waals surface area contributed by atoms with Crippen LogP contribution in [-0.4, -0.2) is 18.0 Å². The van der Waals surface area contributed by atoms with Gasteiger partial charge in [-0.15, -0.1) is 11.3 Å². The molecule has 4 rings (SSSR count). The molecule has 4 aromatic rings. The Labute approximate surface area is 212 Å². The molecule has 0 unspecified atom stereocenters. The van der Waals surface area contributed by atoms with Crippen molar-refractivity contribution >= 4 is 28.5 Å². The molecule has 0 saturated carbocycles. The molecule has 36 heavy (non-hydrogen) atoms. The van der Waals surface area contributed by atoms with E-state index in [0.717, 1.165) is 16.0 Å². The predicted molar refractivity (Wildman–Crippen MR) is 137 cm³/mol. The number of nitriles is 1. The summed E-state index contributed by atoms with van der Waals surface area (Å²) in [5, 5.41) is 12.6. The highest BCUT2D eigenvalue weighted by Crippen LogP contribution is 2.30. The predicted octanol–water partition coefficient (Wildman–Crippen LogP) is 6.01. The maximum absolute atomic E-state index is 13.1. The third kappa shape index (κ3) is 6.56. The van der Waals surface area contributed by atoms with E-state index >= 15 is 0 Å². The third-order valence-electron chi connectivity index (χ3n) is 5.17. The van der Waals surface area contributed by atoms with Crippen LogP contribution in [0.4, 0.5) is 9.52 Å². The number of halogens is 1. The molecular formula is C28H22FN3O3S. The molecule has 8 heteroatoms. The topological polar surface area (TPSA) is 84.2 Å². The van der Waals surface area contributed by atoms with Gasteiger partial charge in [0.1, 0.15) is 24.1 Å². The maximum Gasteiger partial charge on any atom is 0.268 e. The Morgan fingerprint density at radius 1 is 1.08 bits per heavy atom. The van der Waals surface area contributed by atoms with Crippen LogP contribution in [0.1, 0.15) is 21.6 Å². The van der Waals surface area contributed by atoms with Gasteiger partial charge >= 0.3 is 0 Å². The van der Waals surface area contributed by atoms with Crippen molar-refractivity contribution in [2.75, 3.05) is 12.4 Å². The Bertz CT molecular complexity index is 1410. The summed E-state index contributed by atoms with van der Waals surface area (Å²) in [4.78, 5) is 17.8. The summed E-state index contributed by atoms with van der Waals surface area (Å²) < 4.78 is 24.4. The number of amides is 1. The van der Waals surface area contributed by atoms with Crippen LogP contribution in [0.25, 0.3) is 6.08 Å². The molecule has 1 heterocycles. The van der Waals surface area contributed by atoms with Crippen molar-refractivity contribution in [2.45, 2.75) is 13.0 Å². The van der Waals surface area contributed by atoms with E-state index in [2.05, 4.69) is 10.3 Å². The molecule has 1 aromatic heterocycles. The summed E-state index contributed by atoms with van der Waals surface area (Å²) in [5.41, 5.74) is 2.49. The minimum atomic E-state index is -0.566. The Kier molecular flexibility index (Phi) is 8.06. The van der Waals surface area contributed by atoms with Gasteiger partial charge in [0.15, 0.2) is 16.6 Å². The van der Waals surface area contributed by atoms with Gasteiger partial charge in [-0.05, 0) is 47.0 Å². The molecule has 0 aliphatic rings. The second kappa shape index (κ2) is 11.8. The molecule has 0 radical (unpaired) electrons. The zero-order valence-electron chi connectivity index (χ0n) is 19.4. The van der Waals surface area contributed by atoms with Gasteiger partial charge in [0.05, 0.1) is 7.11 Å². The lowest BCUT2D eigenvalue weighted by molar-refractivity contribution is -0.112. The number of rotatable bonds is 9. The molecule has 180 valence electrons. The normalized spacial score (nSPS) is 11.0. The molecule has 1 amide bonds. The lowest BCUT2D eigenvalue weighted by atomic mass is 10.1. The summed E-state index contributed by atoms with van der Waals surface area (Å²) in [7, 11) is 1.53. The first-order valence-corrected chi connectivity index (χ1v) is 11.8. The van der Waals surface area contributed by atoms with Crippen molar-refractivity contribution in [2.24, 2.45) is 0 Å². The number of hydrogen-bond acceptors (Lipinski definition) is 6. The molecular weight excluding hydrogens is 477 g/mol. The van der Waals surface area contributed by atoms with Crippen LogP contribution in [0.5, 0.6) is 11.5 Å². The molecule has 0 aliphatic heterocycles. The van der Waals surface area contributed by atoms with Crippen LogP contribution in [-0.2, 0) is 17.8 Å². The Balaban J connectivity index is 1.42. The first-order valence-electron chi connectivity index (χ1n) is 11.0. The molecule has 0 spiro atoms. The molecule has 3 aromatic carbocycles. The smallest absolute Gasteiger partial charge is 0.268 e. The third-order valence-corrected chi connectivity index (χ3v) is 6.08. The van der Waals surface area contributed by atoms with E-state index in [-0.39, 0.29) is 11.4 Å². The maximum atomic E-state index is 13.1. The number of methoxy groups -OCH3 is 1. The van der Waals surface area contributed by atoms with Crippen LogP contribution in [0.15, 0.2) is 84.6 Å². The standard InChI is InChI=1S/C28H22FN3O3S/c1-34-26-15-21(9-12-25(26)35-18-20-5-3-2-4-6-20)13-22(16-30)27(33)32-28-31-17-24(36-28)14-19-7-10-23(29)11-8-19/h2-13,15,17H,14,18H2,1H3,(H,31,32,33)/b22-13+. The monoisotopic (exact) mass is 499 g/mol. The van der Waals surface area contributed by atoms with Crippen LogP contribution in [0.3, 0.4) is 0 Å². The summed E-state index contributed by atoms with van der Waals surface area (Å²) in [6.07, 6.45) is 3.69. The number of nitrogens with zero attached hydrogens (tertiary/aromatic N) is 2. The molecule has 6 nitrogen and oxygen atoms in total. The Morgan fingerprint density at radius 2 is 1.86 bits per heavy atom. The van der Waals surface area contributed by atoms with Gasteiger partial charge in [0.25, 0.3) is 5.91 Å². The van der Waals surface area contributed by atoms with Gasteiger partial charge in [0, 0.05) is 17.5 Å². The van der Waals surface area contributed by atoms with Crippen LogP contribution in [0, 0.1) is 17.1 Å². The van der Waals surface area contributed by atoms with Gasteiger partial charge in [-0.3, -0.25) is 10.1 Å². The zero-order valence-corrected chi connectivity index (χ0v) is 20.2. The van der Waals surface area contributed by atoms with Gasteiger partial charge in [0.2, 0.25) is 0 Å². The van der Waals surface area contributed by atoms with Crippen molar-refractivity contribution in [3.05, 3.63) is 112 Å². The quantitative estimate of drug-likeness (QED) is 0.225. The lowest BCUT2D eigenvalue weighted by Gasteiger charge is -2.11. The van der Waals surface area contributed by atoms with E-state index in [1.807, 2.05) is 36.4 Å². The molecule has 1 N–H and O–H groups in total. The minimum Gasteiger partial charge on any atom is -0.493 e. The zero-order chi connectivity index (χ0) is 25.3. The Hall–Kier alpha value is -4.48. The van der Waals surface area contributed by atoms with Crippen molar-refractivity contribution in [1.29, 1.82) is 5.26 Å². The van der Waals surface area contributed by atoms with Crippen LogP contribution >= 0.6 is 11.3 Å². The fourth-order valence-electron chi connectivity index (χ4n) is 3.36. The highest BCUT2D eigenvalue weighted by Gasteiger charge is 2.13. The van der Waals surface area contributed by atoms with Crippen molar-refractivity contribution < 1.29 is 18.7 Å². The average Bonchev–Trinajstić information content (AvgIpc) is 3.34. The molecule has 0 atom stereocenters. The molecule has 0 saturated heterocycles. The second-order valence-electron chi connectivity index (χ2n) is 7.74. The summed E-state index contributed by atoms with van der Waals surface area (Å²) in [5.74, 6) is 0.183. The van der Waals surface area contributed by atoms with Gasteiger partial charge in [-0.25, -0.2) is 9.37 Å². The summed E-state index contributed by atoms with van der Waals surface area (Å²) in [6.45, 7) is 0.384. The molecule has 0 bridgehead atoms. The number of carbonyl (C=O) groups is 1. The number of carbonyl (C=O) groups excluding carboxylic acids is 1. The summed E-state index contributed by atoms with van der Waals surface area (Å²) >= 11 is 1.30. The Morgan fingerprint density at radius 3 is 2.58 bits per heavy atom. The molecule has 0 fully saturated rings. The first kappa shape index (κ1) is 24.6. The average molecular weight is 500 g/mol. The van der Waals surface area contributed by atoms with E-state index in [1.54, 1.807) is 36.5 Å². The number of ether oxygens (including phenoxy) is 2. The van der Waals surface area contributed by atoms with Crippen molar-refractivity contribution in [3.63, 3.8) is 0 Å². The van der Waals surface area contributed by atoms with Gasteiger partial charge in [-0.1, -0.05) is 48.5 Å². The highest BCUT2D eigenvalue weighted by atomic mass is 32.1. The number of anilines is 1. The van der Waals surface area contributed by atoms with Crippen LogP contribution < -0.4 is 14.8 Å². The largest absolute Gasteiger partial charge is 0.493 e. The SMILES string of the molecule is COc1cc(/C=C(\C#N)C(=O)Nc2ncc(Cc3ccc(F)cc3)s2)ccc1OCc1ccccc1. The number of benzene rings is 3. The van der Waals surface area contributed by atoms with E-state index in [0.29, 0.717) is 35.2 Å². The lowest BCUT2D eigenvalue weighted by Crippen LogP contribution is -2.13. The summed E-state index contributed by atoms with van der Waals surface area (Å²) in [6, 6.07) is 23.1. The van der Waals surface area contributed by atoms with E-state index < -0.39 is 5.91 Å². The van der Waals surface area contributed by atoms with E-state index in [1.165, 1.54) is 36.7 Å². The van der Waals surface area contributed by atoms with E-state index in [9.17, 15) is 14.4 Å². The molecule has 0 aliphatic carbocycles. The van der Waals surface area contributed by atoms with E-state index in [4.69, 9.17) is 9.47 Å². The minimum absolute atomic E-state index is 0.0784. The fourth-order valence-corrected chi connectivity index (χ4v) is 4.20. The highest BCUT2D eigenvalue weighted by molar-refractivity contribution is 7.15. The number of thiazole rings is 1. The number of aromatic nitrogens is 1. The van der Waals surface area contributed by atoms with Crippen LogP contribution in [0.2, 0.25) is 0 Å². The fraction of sp³-hybridized carbons (Fsp3) is 0.107. The number of nitrogens with one attached hydrogen (secondary N) is 1. The number of hydrogen-bond donors (Lipinski definition) is 1. The van der Waals surface area contributed by atoms with Crippen molar-refractivity contribution in [3.8, 4) is 17.6 Å². The first-order chi connectivity index (χ1) is 17.5. The van der Waals surface area contributed by atoms with Gasteiger partial charge in [-0.2, -0.15) is 5.26 Å². The van der Waals surface area contributed by atoms with Gasteiger partial charge < -0.3 is 9.47 Å². The second-order valence-corrected chi connectivity index (χ2v) is 8.86.